The van der Waals surface area contributed by atoms with Crippen molar-refractivity contribution in [2.75, 3.05) is 7.11 Å². The zero-order chi connectivity index (χ0) is 11.8. The van der Waals surface area contributed by atoms with Crippen LogP contribution in [0.1, 0.15) is 13.8 Å². The van der Waals surface area contributed by atoms with Crippen LogP contribution in [0.15, 0.2) is 43.5 Å². The molecule has 14 heavy (non-hydrogen) atoms. The fourth-order valence-electron chi connectivity index (χ4n) is 0.557. The van der Waals surface area contributed by atoms with E-state index in [4.69, 9.17) is 9.53 Å². The first kappa shape index (κ1) is 18.3. The average Bonchev–Trinajstić information content (AvgIpc) is 2.37. The predicted molar refractivity (Wildman–Crippen MR) is 62.7 cm³/mol. The van der Waals surface area contributed by atoms with E-state index in [9.17, 15) is 0 Å². The van der Waals surface area contributed by atoms with Crippen molar-refractivity contribution >= 4 is 6.79 Å². The van der Waals surface area contributed by atoms with Gasteiger partial charge in [-0.3, -0.25) is 0 Å². The first-order valence-corrected chi connectivity index (χ1v) is 4.31. The smallest absolute Gasteiger partial charge is 0.118 e. The Kier molecular flexibility index (Phi) is 29.4. The van der Waals surface area contributed by atoms with Gasteiger partial charge in [0.25, 0.3) is 0 Å². The molecule has 2 heteroatoms. The summed E-state index contributed by atoms with van der Waals surface area (Å²) in [5.74, 6) is 0.910. The molecule has 0 unspecified atom stereocenters. The van der Waals surface area contributed by atoms with Crippen molar-refractivity contribution < 1.29 is 9.53 Å². The van der Waals surface area contributed by atoms with Crippen LogP contribution in [0.5, 0.6) is 5.75 Å². The number of hydrogen-bond donors (Lipinski definition) is 0. The van der Waals surface area contributed by atoms with Crippen molar-refractivity contribution in [2.24, 2.45) is 0 Å². The van der Waals surface area contributed by atoms with Crippen LogP contribution in [-0.4, -0.2) is 13.9 Å². The van der Waals surface area contributed by atoms with E-state index in [-0.39, 0.29) is 0 Å². The third-order valence-electron chi connectivity index (χ3n) is 0.979. The van der Waals surface area contributed by atoms with Crippen molar-refractivity contribution in [1.29, 1.82) is 0 Å². The van der Waals surface area contributed by atoms with E-state index in [2.05, 4.69) is 13.2 Å². The quantitative estimate of drug-likeness (QED) is 0.644. The standard InChI is InChI=1S/C7H8O.C2H6.C2H4.CH2O/c1-8-7-5-3-2-4-6-7;3*1-2/h2-6H,1H3;1-2H3;1-2H2;1H2. The van der Waals surface area contributed by atoms with E-state index in [0.29, 0.717) is 0 Å². The van der Waals surface area contributed by atoms with E-state index in [1.54, 1.807) is 7.11 Å². The summed E-state index contributed by atoms with van der Waals surface area (Å²) in [7, 11) is 1.66. The Morgan fingerprint density at radius 1 is 1.00 bits per heavy atom. The Hall–Kier alpha value is -1.57. The second-order valence-electron chi connectivity index (χ2n) is 1.52. The summed E-state index contributed by atoms with van der Waals surface area (Å²) in [5, 5.41) is 0. The molecule has 0 atom stereocenters. The first-order chi connectivity index (χ1) is 6.93. The van der Waals surface area contributed by atoms with E-state index in [0.717, 1.165) is 5.75 Å². The van der Waals surface area contributed by atoms with Gasteiger partial charge in [-0.1, -0.05) is 32.0 Å². The summed E-state index contributed by atoms with van der Waals surface area (Å²) in [6, 6.07) is 9.68. The van der Waals surface area contributed by atoms with Gasteiger partial charge < -0.3 is 9.53 Å². The number of hydrogen-bond acceptors (Lipinski definition) is 2. The third kappa shape index (κ3) is 13.1. The number of ether oxygens (including phenoxy) is 1. The Balaban J connectivity index is -0.000000174. The molecule has 2 nitrogen and oxygen atoms in total. The number of carbonyl (C=O) groups excluding carboxylic acids is 1. The molecule has 0 aliphatic rings. The number of methoxy groups -OCH3 is 1. The topological polar surface area (TPSA) is 26.3 Å². The molecule has 0 amide bonds. The fourth-order valence-corrected chi connectivity index (χ4v) is 0.557. The lowest BCUT2D eigenvalue weighted by Crippen LogP contribution is -1.78. The monoisotopic (exact) mass is 196 g/mol. The minimum absolute atomic E-state index is 0.910. The first-order valence-electron chi connectivity index (χ1n) is 4.31. The lowest BCUT2D eigenvalue weighted by atomic mass is 10.3. The average molecular weight is 196 g/mol. The summed E-state index contributed by atoms with van der Waals surface area (Å²) in [6.07, 6.45) is 0. The number of para-hydroxylation sites is 1. The normalized spacial score (nSPS) is 5.93. The van der Waals surface area contributed by atoms with Gasteiger partial charge in [0.15, 0.2) is 0 Å². The third-order valence-corrected chi connectivity index (χ3v) is 0.979. The van der Waals surface area contributed by atoms with Crippen molar-refractivity contribution in [3.63, 3.8) is 0 Å². The van der Waals surface area contributed by atoms with Gasteiger partial charge in [-0.05, 0) is 12.1 Å². The fraction of sp³-hybridized carbons (Fsp3) is 0.250. The molecule has 1 aromatic rings. The van der Waals surface area contributed by atoms with Crippen LogP contribution in [0, 0.1) is 0 Å². The molecule has 0 aliphatic heterocycles. The highest BCUT2D eigenvalue weighted by atomic mass is 16.5. The van der Waals surface area contributed by atoms with E-state index < -0.39 is 0 Å². The van der Waals surface area contributed by atoms with Gasteiger partial charge >= 0.3 is 0 Å². The molecule has 0 radical (unpaired) electrons. The molecule has 0 fully saturated rings. The maximum Gasteiger partial charge on any atom is 0.118 e. The molecule has 80 valence electrons. The number of rotatable bonds is 1. The molecule has 0 bridgehead atoms. The van der Waals surface area contributed by atoms with Crippen molar-refractivity contribution in [2.45, 2.75) is 13.8 Å². The van der Waals surface area contributed by atoms with Crippen molar-refractivity contribution in [3.05, 3.63) is 43.5 Å². The van der Waals surface area contributed by atoms with Gasteiger partial charge in [-0.25, -0.2) is 0 Å². The van der Waals surface area contributed by atoms with Gasteiger partial charge in [0, 0.05) is 0 Å². The second kappa shape index (κ2) is 22.5. The molecule has 0 saturated heterocycles. The van der Waals surface area contributed by atoms with Crippen LogP contribution in [0.2, 0.25) is 0 Å². The van der Waals surface area contributed by atoms with Crippen LogP contribution in [0.25, 0.3) is 0 Å². The van der Waals surface area contributed by atoms with Gasteiger partial charge in [0.05, 0.1) is 7.11 Å². The minimum Gasteiger partial charge on any atom is -0.497 e. The van der Waals surface area contributed by atoms with Gasteiger partial charge in [-0.15, -0.1) is 13.2 Å². The van der Waals surface area contributed by atoms with Crippen molar-refractivity contribution in [3.8, 4) is 5.75 Å². The molecular formula is C12H20O2. The Morgan fingerprint density at radius 2 is 1.36 bits per heavy atom. The molecule has 0 aromatic heterocycles. The van der Waals surface area contributed by atoms with E-state index in [1.165, 1.54) is 0 Å². The van der Waals surface area contributed by atoms with Crippen LogP contribution in [-0.2, 0) is 4.79 Å². The Bertz CT molecular complexity index is 171. The number of benzene rings is 1. The SMILES string of the molecule is C=C.C=O.CC.COc1ccccc1. The molecular weight excluding hydrogens is 176 g/mol. The molecule has 0 heterocycles. The Labute approximate surface area is 87.2 Å². The highest BCUT2D eigenvalue weighted by Gasteiger charge is 1.80. The highest BCUT2D eigenvalue weighted by Crippen LogP contribution is 2.05. The lowest BCUT2D eigenvalue weighted by molar-refractivity contribution is -0.0979. The summed E-state index contributed by atoms with van der Waals surface area (Å²) in [6.45, 7) is 12.0. The van der Waals surface area contributed by atoms with Crippen LogP contribution >= 0.6 is 0 Å². The molecule has 0 aliphatic carbocycles. The summed E-state index contributed by atoms with van der Waals surface area (Å²) in [4.78, 5) is 8.00. The Morgan fingerprint density at radius 3 is 1.57 bits per heavy atom. The molecule has 1 aromatic carbocycles. The molecule has 0 N–H and O–H groups in total. The maximum atomic E-state index is 8.00. The number of carbonyl (C=O) groups is 1. The zero-order valence-electron chi connectivity index (χ0n) is 9.32. The lowest BCUT2D eigenvalue weighted by Gasteiger charge is -1.93. The van der Waals surface area contributed by atoms with Gasteiger partial charge in [0.1, 0.15) is 12.5 Å². The second-order valence-corrected chi connectivity index (χ2v) is 1.52. The van der Waals surface area contributed by atoms with Gasteiger partial charge in [0.2, 0.25) is 0 Å². The summed E-state index contributed by atoms with van der Waals surface area (Å²) in [5.41, 5.74) is 0. The zero-order valence-corrected chi connectivity index (χ0v) is 9.32. The minimum atomic E-state index is 0.910. The van der Waals surface area contributed by atoms with Crippen LogP contribution < -0.4 is 4.74 Å². The van der Waals surface area contributed by atoms with Gasteiger partial charge in [-0.2, -0.15) is 0 Å². The van der Waals surface area contributed by atoms with E-state index in [1.807, 2.05) is 51.0 Å². The largest absolute Gasteiger partial charge is 0.497 e. The maximum absolute atomic E-state index is 8.00. The van der Waals surface area contributed by atoms with Crippen LogP contribution in [0.4, 0.5) is 0 Å². The van der Waals surface area contributed by atoms with Crippen molar-refractivity contribution in [1.82, 2.24) is 0 Å². The molecule has 0 saturated carbocycles. The summed E-state index contributed by atoms with van der Waals surface area (Å²) >= 11 is 0. The predicted octanol–water partition coefficient (Wildman–Crippen LogP) is 3.34. The highest BCUT2D eigenvalue weighted by molar-refractivity contribution is 5.20. The molecule has 1 rings (SSSR count). The van der Waals surface area contributed by atoms with Crippen LogP contribution in [0.3, 0.4) is 0 Å². The summed E-state index contributed by atoms with van der Waals surface area (Å²) < 4.78 is 4.91. The van der Waals surface area contributed by atoms with E-state index >= 15 is 0 Å². The molecule has 0 spiro atoms.